The van der Waals surface area contributed by atoms with Crippen LogP contribution in [0.5, 0.6) is 0 Å². The molecule has 0 atom stereocenters. The minimum absolute atomic E-state index is 0.285. The minimum Gasteiger partial charge on any atom is -0.338 e. The summed E-state index contributed by atoms with van der Waals surface area (Å²) in [7, 11) is 0. The number of benzene rings is 2. The van der Waals surface area contributed by atoms with Crippen LogP contribution < -0.4 is 0 Å². The lowest BCUT2D eigenvalue weighted by atomic mass is 10.2. The molecule has 0 spiro atoms. The van der Waals surface area contributed by atoms with E-state index in [-0.39, 0.29) is 5.82 Å². The van der Waals surface area contributed by atoms with E-state index < -0.39 is 0 Å². The second-order valence-corrected chi connectivity index (χ2v) is 4.13. The highest BCUT2D eigenvalue weighted by molar-refractivity contribution is 6.33. The average Bonchev–Trinajstić information content (AvgIpc) is 2.72. The highest BCUT2D eigenvalue weighted by Crippen LogP contribution is 2.27. The normalized spacial score (nSPS) is 10.9. The van der Waals surface area contributed by atoms with Crippen LogP contribution in [0.25, 0.3) is 22.4 Å². The molecule has 2 nitrogen and oxygen atoms in total. The molecule has 0 saturated heterocycles. The molecule has 0 bridgehead atoms. The number of imidazole rings is 1. The summed E-state index contributed by atoms with van der Waals surface area (Å²) in [5, 5.41) is 0.618. The number of H-pyrrole nitrogens is 1. The first-order valence-electron chi connectivity index (χ1n) is 5.14. The van der Waals surface area contributed by atoms with Crippen LogP contribution in [0.1, 0.15) is 0 Å². The van der Waals surface area contributed by atoms with Gasteiger partial charge in [0.15, 0.2) is 0 Å². The third-order valence-electron chi connectivity index (χ3n) is 2.57. The molecule has 0 amide bonds. The SMILES string of the molecule is Fc1ccc2nc(-c3ccccc3Cl)[nH]c2c1. The second-order valence-electron chi connectivity index (χ2n) is 3.73. The van der Waals surface area contributed by atoms with Crippen LogP contribution in [0.4, 0.5) is 4.39 Å². The van der Waals surface area contributed by atoms with E-state index in [1.54, 1.807) is 12.1 Å². The van der Waals surface area contributed by atoms with Gasteiger partial charge >= 0.3 is 0 Å². The Bertz CT molecular complexity index is 691. The van der Waals surface area contributed by atoms with Gasteiger partial charge in [0.1, 0.15) is 11.6 Å². The predicted octanol–water partition coefficient (Wildman–Crippen LogP) is 4.02. The van der Waals surface area contributed by atoms with Gasteiger partial charge in [-0.15, -0.1) is 0 Å². The van der Waals surface area contributed by atoms with Crippen molar-refractivity contribution in [2.75, 3.05) is 0 Å². The molecular formula is C13H8ClFN2. The molecular weight excluding hydrogens is 239 g/mol. The number of halogens is 2. The number of aromatic amines is 1. The summed E-state index contributed by atoms with van der Waals surface area (Å²) in [6.45, 7) is 0. The fourth-order valence-corrected chi connectivity index (χ4v) is 1.99. The standard InChI is InChI=1S/C13H8ClFN2/c14-10-4-2-1-3-9(10)13-16-11-6-5-8(15)7-12(11)17-13/h1-7H,(H,16,17). The van der Waals surface area contributed by atoms with Crippen molar-refractivity contribution >= 4 is 22.6 Å². The molecule has 0 aliphatic heterocycles. The van der Waals surface area contributed by atoms with Gasteiger partial charge in [0, 0.05) is 5.56 Å². The zero-order chi connectivity index (χ0) is 11.8. The molecule has 1 heterocycles. The lowest BCUT2D eigenvalue weighted by molar-refractivity contribution is 0.629. The molecule has 84 valence electrons. The fourth-order valence-electron chi connectivity index (χ4n) is 1.76. The Labute approximate surface area is 102 Å². The quantitative estimate of drug-likeness (QED) is 0.690. The van der Waals surface area contributed by atoms with Gasteiger partial charge in [-0.25, -0.2) is 9.37 Å². The summed E-state index contributed by atoms with van der Waals surface area (Å²) in [6, 6.07) is 11.9. The number of aromatic nitrogens is 2. The Kier molecular flexibility index (Phi) is 2.34. The van der Waals surface area contributed by atoms with Gasteiger partial charge in [0.25, 0.3) is 0 Å². The van der Waals surface area contributed by atoms with E-state index in [0.29, 0.717) is 16.4 Å². The number of rotatable bonds is 1. The molecule has 0 unspecified atom stereocenters. The summed E-state index contributed by atoms with van der Waals surface area (Å²) < 4.78 is 13.1. The van der Waals surface area contributed by atoms with E-state index in [9.17, 15) is 4.39 Å². The molecule has 0 saturated carbocycles. The maximum absolute atomic E-state index is 13.1. The fraction of sp³-hybridized carbons (Fsp3) is 0. The van der Waals surface area contributed by atoms with Gasteiger partial charge < -0.3 is 4.98 Å². The van der Waals surface area contributed by atoms with Crippen molar-refractivity contribution in [3.63, 3.8) is 0 Å². The molecule has 2 aromatic carbocycles. The predicted molar refractivity (Wildman–Crippen MR) is 66.5 cm³/mol. The Morgan fingerprint density at radius 1 is 1.12 bits per heavy atom. The number of fused-ring (bicyclic) bond motifs is 1. The molecule has 0 fully saturated rings. The van der Waals surface area contributed by atoms with Crippen LogP contribution in [-0.4, -0.2) is 9.97 Å². The van der Waals surface area contributed by atoms with Crippen LogP contribution in [0.2, 0.25) is 5.02 Å². The van der Waals surface area contributed by atoms with Gasteiger partial charge in [-0.2, -0.15) is 0 Å². The molecule has 0 aliphatic carbocycles. The molecule has 1 N–H and O–H groups in total. The number of hydrogen-bond acceptors (Lipinski definition) is 1. The largest absolute Gasteiger partial charge is 0.338 e. The van der Waals surface area contributed by atoms with Crippen molar-refractivity contribution in [2.24, 2.45) is 0 Å². The van der Waals surface area contributed by atoms with Crippen LogP contribution in [-0.2, 0) is 0 Å². The Hall–Kier alpha value is -1.87. The van der Waals surface area contributed by atoms with Gasteiger partial charge in [-0.1, -0.05) is 23.7 Å². The number of hydrogen-bond donors (Lipinski definition) is 1. The van der Waals surface area contributed by atoms with E-state index in [1.165, 1.54) is 12.1 Å². The van der Waals surface area contributed by atoms with E-state index in [4.69, 9.17) is 11.6 Å². The summed E-state index contributed by atoms with van der Waals surface area (Å²) in [4.78, 5) is 7.44. The molecule has 3 aromatic rings. The molecule has 3 rings (SSSR count). The first kappa shape index (κ1) is 10.3. The minimum atomic E-state index is -0.285. The maximum atomic E-state index is 13.1. The number of nitrogens with zero attached hydrogens (tertiary/aromatic N) is 1. The Morgan fingerprint density at radius 2 is 1.94 bits per heavy atom. The van der Waals surface area contributed by atoms with E-state index >= 15 is 0 Å². The van der Waals surface area contributed by atoms with Crippen LogP contribution >= 0.6 is 11.6 Å². The van der Waals surface area contributed by atoms with Crippen LogP contribution in [0, 0.1) is 5.82 Å². The zero-order valence-corrected chi connectivity index (χ0v) is 9.50. The topological polar surface area (TPSA) is 28.7 Å². The van der Waals surface area contributed by atoms with E-state index in [1.807, 2.05) is 18.2 Å². The lowest BCUT2D eigenvalue weighted by Crippen LogP contribution is -1.80. The third kappa shape index (κ3) is 1.78. The summed E-state index contributed by atoms with van der Waals surface area (Å²) >= 11 is 6.08. The van der Waals surface area contributed by atoms with Crippen LogP contribution in [0.3, 0.4) is 0 Å². The average molecular weight is 247 g/mol. The summed E-state index contributed by atoms with van der Waals surface area (Å²) in [5.74, 6) is 0.364. The first-order chi connectivity index (χ1) is 8.24. The zero-order valence-electron chi connectivity index (χ0n) is 8.74. The monoisotopic (exact) mass is 246 g/mol. The molecule has 0 radical (unpaired) electrons. The van der Waals surface area contributed by atoms with Crippen LogP contribution in [0.15, 0.2) is 42.5 Å². The summed E-state index contributed by atoms with van der Waals surface area (Å²) in [5.41, 5.74) is 2.20. The summed E-state index contributed by atoms with van der Waals surface area (Å²) in [6.07, 6.45) is 0. The van der Waals surface area contributed by atoms with Crippen molar-refractivity contribution in [1.82, 2.24) is 9.97 Å². The lowest BCUT2D eigenvalue weighted by Gasteiger charge is -1.98. The molecule has 1 aromatic heterocycles. The second kappa shape index (κ2) is 3.86. The molecule has 0 aliphatic rings. The Balaban J connectivity index is 2.22. The highest BCUT2D eigenvalue weighted by Gasteiger charge is 2.08. The smallest absolute Gasteiger partial charge is 0.139 e. The Morgan fingerprint density at radius 3 is 2.76 bits per heavy atom. The van der Waals surface area contributed by atoms with Crippen molar-refractivity contribution in [3.05, 3.63) is 53.3 Å². The first-order valence-corrected chi connectivity index (χ1v) is 5.52. The van der Waals surface area contributed by atoms with Crippen molar-refractivity contribution in [3.8, 4) is 11.4 Å². The number of nitrogens with one attached hydrogen (secondary N) is 1. The molecule has 17 heavy (non-hydrogen) atoms. The van der Waals surface area contributed by atoms with Gasteiger partial charge in [0.2, 0.25) is 0 Å². The van der Waals surface area contributed by atoms with Crippen molar-refractivity contribution in [1.29, 1.82) is 0 Å². The van der Waals surface area contributed by atoms with E-state index in [0.717, 1.165) is 11.1 Å². The van der Waals surface area contributed by atoms with Gasteiger partial charge in [-0.3, -0.25) is 0 Å². The van der Waals surface area contributed by atoms with Crippen molar-refractivity contribution < 1.29 is 4.39 Å². The molecule has 4 heteroatoms. The van der Waals surface area contributed by atoms with Gasteiger partial charge in [0.05, 0.1) is 16.1 Å². The van der Waals surface area contributed by atoms with Crippen molar-refractivity contribution in [2.45, 2.75) is 0 Å². The highest BCUT2D eigenvalue weighted by atomic mass is 35.5. The van der Waals surface area contributed by atoms with Gasteiger partial charge in [-0.05, 0) is 30.3 Å². The van der Waals surface area contributed by atoms with E-state index in [2.05, 4.69) is 9.97 Å². The third-order valence-corrected chi connectivity index (χ3v) is 2.90. The maximum Gasteiger partial charge on any atom is 0.139 e.